The molecule has 0 aliphatic carbocycles. The molecule has 1 amide bonds. The highest BCUT2D eigenvalue weighted by Gasteiger charge is 2.42. The number of piperazine rings is 1. The summed E-state index contributed by atoms with van der Waals surface area (Å²) >= 11 is 0. The molecule has 5 rings (SSSR count). The topological polar surface area (TPSA) is 57.7 Å². The van der Waals surface area contributed by atoms with Crippen molar-refractivity contribution >= 4 is 17.3 Å². The molecule has 1 saturated heterocycles. The molecule has 2 aliphatic heterocycles. The van der Waals surface area contributed by atoms with Crippen LogP contribution >= 0.6 is 0 Å². The van der Waals surface area contributed by atoms with E-state index in [1.54, 1.807) is 31.6 Å². The maximum atomic E-state index is 13.4. The highest BCUT2D eigenvalue weighted by Crippen LogP contribution is 2.40. The van der Waals surface area contributed by atoms with Crippen molar-refractivity contribution in [1.82, 2.24) is 10.3 Å². The Balaban J connectivity index is 1.43. The van der Waals surface area contributed by atoms with Gasteiger partial charge >= 0.3 is 6.18 Å². The zero-order chi connectivity index (χ0) is 25.3. The smallest absolute Gasteiger partial charge is 0.416 e. The van der Waals surface area contributed by atoms with Gasteiger partial charge in [0.25, 0.3) is 0 Å². The lowest BCUT2D eigenvalue weighted by Crippen LogP contribution is -2.61. The third-order valence-electron chi connectivity index (χ3n) is 7.00. The predicted octanol–water partition coefficient (Wildman–Crippen LogP) is 4.29. The second-order valence-corrected chi connectivity index (χ2v) is 9.14. The van der Waals surface area contributed by atoms with Crippen LogP contribution in [0.1, 0.15) is 16.7 Å². The number of ether oxygens (including phenoxy) is 1. The van der Waals surface area contributed by atoms with Crippen molar-refractivity contribution in [3.05, 3.63) is 83.7 Å². The summed E-state index contributed by atoms with van der Waals surface area (Å²) in [7, 11) is 1.62. The van der Waals surface area contributed by atoms with Gasteiger partial charge in [0.2, 0.25) is 5.91 Å². The van der Waals surface area contributed by atoms with Crippen LogP contribution in [0, 0.1) is 5.92 Å². The van der Waals surface area contributed by atoms with Gasteiger partial charge in [-0.2, -0.15) is 13.2 Å². The number of alkyl halides is 3. The third-order valence-corrected chi connectivity index (χ3v) is 7.00. The Morgan fingerprint density at radius 1 is 1.14 bits per heavy atom. The van der Waals surface area contributed by atoms with Crippen LogP contribution in [-0.2, 0) is 23.9 Å². The molecule has 36 heavy (non-hydrogen) atoms. The first-order valence-corrected chi connectivity index (χ1v) is 11.9. The third kappa shape index (κ3) is 4.82. The average molecular weight is 497 g/mol. The molecule has 3 heterocycles. The summed E-state index contributed by atoms with van der Waals surface area (Å²) in [6, 6.07) is 15.1. The largest absolute Gasteiger partial charge is 0.497 e. The second-order valence-electron chi connectivity index (χ2n) is 9.14. The van der Waals surface area contributed by atoms with Crippen LogP contribution in [0.3, 0.4) is 0 Å². The Morgan fingerprint density at radius 3 is 2.64 bits per heavy atom. The molecule has 1 aromatic heterocycles. The Labute approximate surface area is 207 Å². The van der Waals surface area contributed by atoms with Gasteiger partial charge < -0.3 is 19.9 Å². The molecule has 188 valence electrons. The lowest BCUT2D eigenvalue weighted by atomic mass is 9.82. The fraction of sp³-hybridized carbons (Fsp3) is 0.333. The van der Waals surface area contributed by atoms with Crippen LogP contribution in [0.15, 0.2) is 67.0 Å². The van der Waals surface area contributed by atoms with Gasteiger partial charge in [-0.05, 0) is 66.1 Å². The minimum atomic E-state index is -4.43. The molecule has 2 aromatic carbocycles. The fourth-order valence-electron chi connectivity index (χ4n) is 5.15. The van der Waals surface area contributed by atoms with Gasteiger partial charge in [0, 0.05) is 49.9 Å². The minimum absolute atomic E-state index is 0.173. The number of carbonyl (C=O) groups is 1. The zero-order valence-corrected chi connectivity index (χ0v) is 19.8. The van der Waals surface area contributed by atoms with Crippen LogP contribution in [0.25, 0.3) is 0 Å². The van der Waals surface area contributed by atoms with Crippen LogP contribution in [-0.4, -0.2) is 43.7 Å². The van der Waals surface area contributed by atoms with E-state index in [1.807, 2.05) is 30.3 Å². The van der Waals surface area contributed by atoms with Crippen molar-refractivity contribution in [3.63, 3.8) is 0 Å². The van der Waals surface area contributed by atoms with Gasteiger partial charge in [-0.15, -0.1) is 0 Å². The standard InChI is InChI=1S/C27H27F3N4O2/c1-36-22-7-5-21(6-8-22)33-11-12-34-24-9-4-20(27(28,29)30)13-19(24)14-23(25(34)17-33)26(35)32-16-18-3-2-10-31-15-18/h2-10,13,15,23,25H,11-12,14,16-17H2,1H3,(H,32,35). The van der Waals surface area contributed by atoms with Crippen LogP contribution in [0.4, 0.5) is 24.5 Å². The molecular weight excluding hydrogens is 469 g/mol. The molecule has 1 N–H and O–H groups in total. The van der Waals surface area contributed by atoms with E-state index in [2.05, 4.69) is 20.1 Å². The quantitative estimate of drug-likeness (QED) is 0.571. The van der Waals surface area contributed by atoms with E-state index in [1.165, 1.54) is 6.07 Å². The van der Waals surface area contributed by atoms with E-state index < -0.39 is 17.7 Å². The molecular formula is C27H27F3N4O2. The van der Waals surface area contributed by atoms with Crippen LogP contribution < -0.4 is 19.9 Å². The molecule has 2 atom stereocenters. The minimum Gasteiger partial charge on any atom is -0.497 e. The van der Waals surface area contributed by atoms with Gasteiger partial charge in [-0.25, -0.2) is 0 Å². The number of aromatic nitrogens is 1. The molecule has 2 aliphatic rings. The van der Waals surface area contributed by atoms with E-state index in [0.717, 1.165) is 28.8 Å². The van der Waals surface area contributed by atoms with Gasteiger partial charge in [0.15, 0.2) is 0 Å². The lowest BCUT2D eigenvalue weighted by Gasteiger charge is -2.49. The van der Waals surface area contributed by atoms with E-state index in [9.17, 15) is 18.0 Å². The summed E-state index contributed by atoms with van der Waals surface area (Å²) in [6.07, 6.45) is -0.841. The maximum absolute atomic E-state index is 13.4. The number of benzene rings is 2. The first-order chi connectivity index (χ1) is 17.3. The summed E-state index contributed by atoms with van der Waals surface area (Å²) in [5.41, 5.74) is 2.52. The Kier molecular flexibility index (Phi) is 6.47. The summed E-state index contributed by atoms with van der Waals surface area (Å²) in [5.74, 6) is 0.0873. The number of nitrogens with one attached hydrogen (secondary N) is 1. The summed E-state index contributed by atoms with van der Waals surface area (Å²) in [5, 5.41) is 2.98. The van der Waals surface area contributed by atoms with Crippen molar-refractivity contribution in [2.24, 2.45) is 5.92 Å². The monoisotopic (exact) mass is 496 g/mol. The Hall–Kier alpha value is -3.75. The molecule has 6 nitrogen and oxygen atoms in total. The molecule has 0 bridgehead atoms. The normalized spacial score (nSPS) is 19.3. The molecule has 0 saturated carbocycles. The van der Waals surface area contributed by atoms with E-state index in [0.29, 0.717) is 31.7 Å². The number of fused-ring (bicyclic) bond motifs is 3. The number of hydrogen-bond acceptors (Lipinski definition) is 5. The van der Waals surface area contributed by atoms with Crippen molar-refractivity contribution < 1.29 is 22.7 Å². The number of nitrogens with zero attached hydrogens (tertiary/aromatic N) is 3. The SMILES string of the molecule is COc1ccc(N2CCN3c4ccc(C(F)(F)F)cc4CC(C(=O)NCc4cccnc4)C3C2)cc1. The lowest BCUT2D eigenvalue weighted by molar-refractivity contribution is -0.137. The first-order valence-electron chi connectivity index (χ1n) is 11.9. The van der Waals surface area contributed by atoms with Crippen molar-refractivity contribution in [1.29, 1.82) is 0 Å². The molecule has 9 heteroatoms. The van der Waals surface area contributed by atoms with Crippen molar-refractivity contribution in [2.45, 2.75) is 25.2 Å². The predicted molar refractivity (Wildman–Crippen MR) is 131 cm³/mol. The highest BCUT2D eigenvalue weighted by atomic mass is 19.4. The number of rotatable bonds is 5. The molecule has 3 aromatic rings. The molecule has 0 radical (unpaired) electrons. The number of anilines is 2. The van der Waals surface area contributed by atoms with E-state index >= 15 is 0 Å². The molecule has 0 spiro atoms. The molecule has 1 fully saturated rings. The maximum Gasteiger partial charge on any atom is 0.416 e. The summed E-state index contributed by atoms with van der Waals surface area (Å²) in [6.45, 7) is 2.18. The number of methoxy groups -OCH3 is 1. The summed E-state index contributed by atoms with van der Waals surface area (Å²) in [4.78, 5) is 21.8. The van der Waals surface area contributed by atoms with Crippen LogP contribution in [0.2, 0.25) is 0 Å². The average Bonchev–Trinajstić information content (AvgIpc) is 2.90. The second kappa shape index (κ2) is 9.72. The Bertz CT molecular complexity index is 1220. The number of hydrogen-bond donors (Lipinski definition) is 1. The fourth-order valence-corrected chi connectivity index (χ4v) is 5.15. The Morgan fingerprint density at radius 2 is 1.94 bits per heavy atom. The number of carbonyl (C=O) groups excluding carboxylic acids is 1. The first kappa shape index (κ1) is 24.0. The number of halogens is 3. The van der Waals surface area contributed by atoms with Gasteiger partial charge in [0.1, 0.15) is 5.75 Å². The summed E-state index contributed by atoms with van der Waals surface area (Å²) < 4.78 is 45.6. The van der Waals surface area contributed by atoms with E-state index in [4.69, 9.17) is 4.74 Å². The number of pyridine rings is 1. The van der Waals surface area contributed by atoms with Gasteiger partial charge in [-0.1, -0.05) is 6.07 Å². The zero-order valence-electron chi connectivity index (χ0n) is 19.8. The highest BCUT2D eigenvalue weighted by molar-refractivity contribution is 5.82. The van der Waals surface area contributed by atoms with Crippen molar-refractivity contribution in [2.75, 3.05) is 36.5 Å². The van der Waals surface area contributed by atoms with E-state index in [-0.39, 0.29) is 18.4 Å². The van der Waals surface area contributed by atoms with Crippen LogP contribution in [0.5, 0.6) is 5.75 Å². The van der Waals surface area contributed by atoms with Gasteiger partial charge in [0.05, 0.1) is 24.6 Å². The van der Waals surface area contributed by atoms with Gasteiger partial charge in [-0.3, -0.25) is 9.78 Å². The number of amides is 1. The molecule has 2 unspecified atom stereocenters. The van der Waals surface area contributed by atoms with Crippen molar-refractivity contribution in [3.8, 4) is 5.75 Å².